The van der Waals surface area contributed by atoms with Gasteiger partial charge in [-0.1, -0.05) is 54.6 Å². The smallest absolute Gasteiger partial charge is 0.270 e. The molecule has 4 bridgehead atoms. The standard InChI is InChI=1S/C43H53N5O2/c49-42(44-30-16-12-28(13-17-30)24-26-47-38-20-21-39(47)33-7-2-1-6-32(33)38)36-10-5-11-37(46-36)43(50)45-31-18-14-29(15-19-31)25-27-48-40-22-23-41(48)35-9-4-3-8-34(35)40/h1-11,28-31,38-41H,12-27H2,(H,44,49)(H,45,50). The first-order chi connectivity index (χ1) is 24.6. The van der Waals surface area contributed by atoms with Crippen LogP contribution in [0.15, 0.2) is 66.7 Å². The molecule has 7 nitrogen and oxygen atoms in total. The number of amides is 2. The molecule has 4 unspecified atom stereocenters. The molecule has 7 heteroatoms. The van der Waals surface area contributed by atoms with Gasteiger partial charge in [-0.2, -0.15) is 0 Å². The Kier molecular flexibility index (Phi) is 8.98. The number of hydrogen-bond acceptors (Lipinski definition) is 5. The second-order valence-electron chi connectivity index (χ2n) is 16.3. The van der Waals surface area contributed by atoms with Crippen LogP contribution in [0.3, 0.4) is 0 Å². The SMILES string of the molecule is O=C(NC1CCC(CCN2C3CCC2c2ccccc23)CC1)c1cccc(C(=O)NC2CCC(CCN3C4CCC3c3ccccc34)CC2)n1. The number of aromatic nitrogens is 1. The molecule has 4 fully saturated rings. The second kappa shape index (κ2) is 13.9. The fraction of sp³-hybridized carbons (Fsp3) is 0.558. The highest BCUT2D eigenvalue weighted by molar-refractivity contribution is 5.96. The lowest BCUT2D eigenvalue weighted by atomic mass is 9.84. The van der Waals surface area contributed by atoms with E-state index in [1.165, 1.54) is 51.6 Å². The number of hydrogen-bond donors (Lipinski definition) is 2. The van der Waals surface area contributed by atoms with Crippen molar-refractivity contribution < 1.29 is 9.59 Å². The van der Waals surface area contributed by atoms with Crippen molar-refractivity contribution >= 4 is 11.8 Å². The van der Waals surface area contributed by atoms with Gasteiger partial charge in [0.2, 0.25) is 0 Å². The Morgan fingerprint density at radius 3 is 1.22 bits per heavy atom. The minimum Gasteiger partial charge on any atom is -0.348 e. The van der Waals surface area contributed by atoms with Gasteiger partial charge in [0.05, 0.1) is 0 Å². The van der Waals surface area contributed by atoms with E-state index in [9.17, 15) is 9.59 Å². The van der Waals surface area contributed by atoms with Gasteiger partial charge in [0.25, 0.3) is 11.8 Å². The van der Waals surface area contributed by atoms with Gasteiger partial charge in [0.1, 0.15) is 11.4 Å². The van der Waals surface area contributed by atoms with E-state index in [0.717, 1.165) is 63.2 Å². The lowest BCUT2D eigenvalue weighted by Crippen LogP contribution is -2.39. The highest BCUT2D eigenvalue weighted by Gasteiger charge is 2.44. The molecule has 2 saturated carbocycles. The summed E-state index contributed by atoms with van der Waals surface area (Å²) in [5.41, 5.74) is 6.93. The Labute approximate surface area is 297 Å². The molecular weight excluding hydrogens is 619 g/mol. The Bertz CT molecular complexity index is 1530. The zero-order valence-electron chi connectivity index (χ0n) is 29.4. The average Bonchev–Trinajstić information content (AvgIpc) is 3.92. The van der Waals surface area contributed by atoms with E-state index < -0.39 is 0 Å². The predicted molar refractivity (Wildman–Crippen MR) is 196 cm³/mol. The molecule has 2 saturated heterocycles. The van der Waals surface area contributed by atoms with Crippen LogP contribution in [0.2, 0.25) is 0 Å². The number of nitrogens with one attached hydrogen (secondary N) is 2. The summed E-state index contributed by atoms with van der Waals surface area (Å²) in [7, 11) is 0. The average molecular weight is 672 g/mol. The van der Waals surface area contributed by atoms with Crippen molar-refractivity contribution in [2.75, 3.05) is 13.1 Å². The van der Waals surface area contributed by atoms with Crippen LogP contribution in [0.1, 0.15) is 157 Å². The molecule has 1 aromatic heterocycles. The zero-order chi connectivity index (χ0) is 33.6. The first kappa shape index (κ1) is 32.4. The Morgan fingerprint density at radius 2 is 0.860 bits per heavy atom. The van der Waals surface area contributed by atoms with Crippen LogP contribution in [0.4, 0.5) is 0 Å². The molecule has 5 heterocycles. The van der Waals surface area contributed by atoms with Crippen LogP contribution in [0.5, 0.6) is 0 Å². The molecule has 0 spiro atoms. The number of carbonyl (C=O) groups is 2. The quantitative estimate of drug-likeness (QED) is 0.227. The molecule has 50 heavy (non-hydrogen) atoms. The van der Waals surface area contributed by atoms with E-state index in [2.05, 4.69) is 73.9 Å². The van der Waals surface area contributed by atoms with Crippen molar-refractivity contribution in [3.8, 4) is 0 Å². The molecule has 6 aliphatic rings. The van der Waals surface area contributed by atoms with Crippen LogP contribution in [0, 0.1) is 11.8 Å². The van der Waals surface area contributed by atoms with Crippen LogP contribution in [-0.2, 0) is 0 Å². The van der Waals surface area contributed by atoms with Gasteiger partial charge in [-0.25, -0.2) is 4.98 Å². The number of nitrogens with zero attached hydrogens (tertiary/aromatic N) is 3. The van der Waals surface area contributed by atoms with E-state index in [1.54, 1.807) is 40.5 Å². The van der Waals surface area contributed by atoms with Crippen molar-refractivity contribution in [2.24, 2.45) is 11.8 Å². The molecule has 4 aliphatic heterocycles. The van der Waals surface area contributed by atoms with E-state index in [-0.39, 0.29) is 23.9 Å². The molecule has 2 aromatic carbocycles. The van der Waals surface area contributed by atoms with Crippen molar-refractivity contribution in [3.63, 3.8) is 0 Å². The predicted octanol–water partition coefficient (Wildman–Crippen LogP) is 8.22. The number of carbonyl (C=O) groups excluding carboxylic acids is 2. The minimum absolute atomic E-state index is 0.162. The van der Waals surface area contributed by atoms with Crippen molar-refractivity contribution in [3.05, 3.63) is 100 Å². The number of pyridine rings is 1. The summed E-state index contributed by atoms with van der Waals surface area (Å²) in [6.07, 6.45) is 16.4. The maximum absolute atomic E-state index is 13.2. The maximum atomic E-state index is 13.2. The highest BCUT2D eigenvalue weighted by atomic mass is 16.2. The van der Waals surface area contributed by atoms with Gasteiger partial charge in [-0.3, -0.25) is 19.4 Å². The normalized spacial score (nSPS) is 31.4. The van der Waals surface area contributed by atoms with E-state index >= 15 is 0 Å². The fourth-order valence-electron chi connectivity index (χ4n) is 11.0. The highest BCUT2D eigenvalue weighted by Crippen LogP contribution is 2.54. The fourth-order valence-corrected chi connectivity index (χ4v) is 11.0. The summed E-state index contributed by atoms with van der Waals surface area (Å²) in [5, 5.41) is 6.48. The molecule has 2 N–H and O–H groups in total. The van der Waals surface area contributed by atoms with Crippen LogP contribution in [-0.4, -0.2) is 51.8 Å². The van der Waals surface area contributed by atoms with Crippen molar-refractivity contribution in [2.45, 2.75) is 126 Å². The number of rotatable bonds is 10. The Hall–Kier alpha value is -3.55. The number of benzene rings is 2. The molecule has 2 aliphatic carbocycles. The van der Waals surface area contributed by atoms with Gasteiger partial charge in [-0.05, 0) is 149 Å². The van der Waals surface area contributed by atoms with Crippen LogP contribution < -0.4 is 10.6 Å². The third-order valence-electron chi connectivity index (χ3n) is 13.6. The first-order valence-electron chi connectivity index (χ1n) is 19.9. The third kappa shape index (κ3) is 6.19. The van der Waals surface area contributed by atoms with Crippen molar-refractivity contribution in [1.29, 1.82) is 0 Å². The summed E-state index contributed by atoms with van der Waals surface area (Å²) < 4.78 is 0. The van der Waals surface area contributed by atoms with Gasteiger partial charge in [0, 0.05) is 36.3 Å². The first-order valence-corrected chi connectivity index (χ1v) is 19.9. The molecule has 2 amide bonds. The topological polar surface area (TPSA) is 77.6 Å². The molecule has 0 radical (unpaired) electrons. The van der Waals surface area contributed by atoms with Crippen molar-refractivity contribution in [1.82, 2.24) is 25.4 Å². The summed E-state index contributed by atoms with van der Waals surface area (Å²) >= 11 is 0. The summed E-state index contributed by atoms with van der Waals surface area (Å²) in [5.74, 6) is 1.13. The molecule has 4 atom stereocenters. The third-order valence-corrected chi connectivity index (χ3v) is 13.6. The lowest BCUT2D eigenvalue weighted by molar-refractivity contribution is 0.0909. The molecule has 3 aromatic rings. The summed E-state index contributed by atoms with van der Waals surface area (Å²) in [6.45, 7) is 2.36. The van der Waals surface area contributed by atoms with E-state index in [0.29, 0.717) is 35.6 Å². The van der Waals surface area contributed by atoms with Gasteiger partial charge in [0.15, 0.2) is 0 Å². The van der Waals surface area contributed by atoms with Gasteiger partial charge >= 0.3 is 0 Å². The monoisotopic (exact) mass is 671 g/mol. The van der Waals surface area contributed by atoms with Crippen LogP contribution in [0.25, 0.3) is 0 Å². The number of fused-ring (bicyclic) bond motifs is 10. The summed E-state index contributed by atoms with van der Waals surface area (Å²) in [4.78, 5) is 36.5. The largest absolute Gasteiger partial charge is 0.348 e. The zero-order valence-corrected chi connectivity index (χ0v) is 29.4. The van der Waals surface area contributed by atoms with Gasteiger partial charge in [-0.15, -0.1) is 0 Å². The van der Waals surface area contributed by atoms with Crippen LogP contribution >= 0.6 is 0 Å². The molecular formula is C43H53N5O2. The molecule has 262 valence electrons. The minimum atomic E-state index is -0.162. The molecule has 9 rings (SSSR count). The Balaban J connectivity index is 0.698. The van der Waals surface area contributed by atoms with Gasteiger partial charge < -0.3 is 10.6 Å². The second-order valence-corrected chi connectivity index (χ2v) is 16.3. The van der Waals surface area contributed by atoms with E-state index in [1.807, 2.05) is 0 Å². The lowest BCUT2D eigenvalue weighted by Gasteiger charge is -2.31. The van der Waals surface area contributed by atoms with E-state index in [4.69, 9.17) is 0 Å². The Morgan fingerprint density at radius 1 is 0.500 bits per heavy atom. The summed E-state index contributed by atoms with van der Waals surface area (Å²) in [6, 6.07) is 26.2. The maximum Gasteiger partial charge on any atom is 0.270 e.